The highest BCUT2D eigenvalue weighted by Crippen LogP contribution is 2.25. The molecule has 0 saturated carbocycles. The van der Waals surface area contributed by atoms with Crippen LogP contribution < -0.4 is 0 Å². The molecule has 3 heteroatoms. The van der Waals surface area contributed by atoms with Gasteiger partial charge in [0.15, 0.2) is 0 Å². The molecule has 1 aromatic carbocycles. The van der Waals surface area contributed by atoms with E-state index in [0.29, 0.717) is 15.8 Å². The summed E-state index contributed by atoms with van der Waals surface area (Å²) in [6, 6.07) is 4.53. The monoisotopic (exact) mass is 292 g/mol. The first-order chi connectivity index (χ1) is 7.04. The van der Waals surface area contributed by atoms with Crippen molar-refractivity contribution >= 4 is 27.5 Å². The number of halogens is 3. The van der Waals surface area contributed by atoms with Gasteiger partial charge in [-0.25, -0.2) is 4.39 Å². The molecule has 1 aromatic rings. The van der Waals surface area contributed by atoms with Crippen molar-refractivity contribution in [2.45, 2.75) is 31.5 Å². The van der Waals surface area contributed by atoms with Crippen LogP contribution >= 0.6 is 27.5 Å². The Balaban J connectivity index is 2.75. The number of hydrogen-bond acceptors (Lipinski definition) is 0. The van der Waals surface area contributed by atoms with Gasteiger partial charge in [-0.05, 0) is 42.5 Å². The van der Waals surface area contributed by atoms with Gasteiger partial charge in [0.05, 0.1) is 0 Å². The van der Waals surface area contributed by atoms with Gasteiger partial charge in [-0.3, -0.25) is 0 Å². The lowest BCUT2D eigenvalue weighted by Gasteiger charge is -2.17. The third-order valence-electron chi connectivity index (χ3n) is 2.56. The maximum atomic E-state index is 13.0. The fourth-order valence-electron chi connectivity index (χ4n) is 1.58. The Morgan fingerprint density at radius 1 is 1.47 bits per heavy atom. The van der Waals surface area contributed by atoms with Crippen LogP contribution in [-0.4, -0.2) is 4.83 Å². The molecule has 15 heavy (non-hydrogen) atoms. The third kappa shape index (κ3) is 3.76. The topological polar surface area (TPSA) is 0 Å². The Hall–Kier alpha value is -0.0800. The Morgan fingerprint density at radius 2 is 2.13 bits per heavy atom. The predicted molar refractivity (Wildman–Crippen MR) is 67.3 cm³/mol. The molecule has 0 bridgehead atoms. The Kier molecular flexibility index (Phi) is 5.07. The van der Waals surface area contributed by atoms with Gasteiger partial charge in [-0.1, -0.05) is 41.4 Å². The van der Waals surface area contributed by atoms with E-state index in [1.54, 1.807) is 6.07 Å². The number of alkyl halides is 1. The highest BCUT2D eigenvalue weighted by molar-refractivity contribution is 9.09. The van der Waals surface area contributed by atoms with E-state index in [9.17, 15) is 4.39 Å². The van der Waals surface area contributed by atoms with Crippen LogP contribution in [0.15, 0.2) is 18.2 Å². The first-order valence-corrected chi connectivity index (χ1v) is 6.42. The molecule has 0 aliphatic heterocycles. The van der Waals surface area contributed by atoms with Crippen molar-refractivity contribution < 1.29 is 4.39 Å². The van der Waals surface area contributed by atoms with Gasteiger partial charge in [-0.15, -0.1) is 0 Å². The molecular formula is C12H15BrClF. The van der Waals surface area contributed by atoms with Gasteiger partial charge in [0.25, 0.3) is 0 Å². The highest BCUT2D eigenvalue weighted by atomic mass is 79.9. The summed E-state index contributed by atoms with van der Waals surface area (Å²) in [5.74, 6) is 0.235. The molecule has 0 aliphatic rings. The summed E-state index contributed by atoms with van der Waals surface area (Å²) in [6.45, 7) is 4.27. The SMILES string of the molecule is CCC(Br)C(C)Cc1cc(F)ccc1Cl. The number of rotatable bonds is 4. The van der Waals surface area contributed by atoms with Crippen molar-refractivity contribution in [3.63, 3.8) is 0 Å². The minimum atomic E-state index is -0.218. The van der Waals surface area contributed by atoms with Crippen molar-refractivity contribution in [1.82, 2.24) is 0 Å². The Labute approximate surface area is 104 Å². The number of hydrogen-bond donors (Lipinski definition) is 0. The zero-order chi connectivity index (χ0) is 11.4. The van der Waals surface area contributed by atoms with Crippen LogP contribution in [0.2, 0.25) is 5.02 Å². The lowest BCUT2D eigenvalue weighted by molar-refractivity contribution is 0.542. The largest absolute Gasteiger partial charge is 0.207 e. The summed E-state index contributed by atoms with van der Waals surface area (Å²) in [7, 11) is 0. The molecular weight excluding hydrogens is 278 g/mol. The van der Waals surface area contributed by atoms with E-state index in [-0.39, 0.29) is 5.82 Å². The molecule has 0 aliphatic carbocycles. The summed E-state index contributed by atoms with van der Waals surface area (Å²) >= 11 is 9.61. The summed E-state index contributed by atoms with van der Waals surface area (Å²) in [6.07, 6.45) is 1.87. The maximum Gasteiger partial charge on any atom is 0.123 e. The summed E-state index contributed by atoms with van der Waals surface area (Å²) < 4.78 is 13.0. The van der Waals surface area contributed by atoms with Crippen molar-refractivity contribution in [2.24, 2.45) is 5.92 Å². The molecule has 0 saturated heterocycles. The van der Waals surface area contributed by atoms with Crippen LogP contribution in [0.25, 0.3) is 0 Å². The van der Waals surface area contributed by atoms with E-state index < -0.39 is 0 Å². The molecule has 0 fully saturated rings. The van der Waals surface area contributed by atoms with Gasteiger partial charge in [0, 0.05) is 9.85 Å². The second-order valence-corrected chi connectivity index (χ2v) is 5.42. The molecule has 1 rings (SSSR count). The molecule has 0 amide bonds. The molecule has 2 unspecified atom stereocenters. The number of benzene rings is 1. The molecule has 2 atom stereocenters. The van der Waals surface area contributed by atoms with Crippen LogP contribution in [0.5, 0.6) is 0 Å². The fraction of sp³-hybridized carbons (Fsp3) is 0.500. The fourth-order valence-corrected chi connectivity index (χ4v) is 1.96. The van der Waals surface area contributed by atoms with Crippen molar-refractivity contribution in [3.05, 3.63) is 34.6 Å². The van der Waals surface area contributed by atoms with E-state index in [4.69, 9.17) is 11.6 Å². The average Bonchev–Trinajstić information content (AvgIpc) is 2.22. The second-order valence-electron chi connectivity index (χ2n) is 3.84. The zero-order valence-electron chi connectivity index (χ0n) is 8.93. The highest BCUT2D eigenvalue weighted by Gasteiger charge is 2.14. The van der Waals surface area contributed by atoms with Gasteiger partial charge in [0.1, 0.15) is 5.82 Å². The van der Waals surface area contributed by atoms with Crippen LogP contribution in [0.3, 0.4) is 0 Å². The predicted octanol–water partition coefficient (Wildman–Crippen LogP) is 4.83. The third-order valence-corrected chi connectivity index (χ3v) is 4.48. The van der Waals surface area contributed by atoms with Crippen LogP contribution in [0, 0.1) is 11.7 Å². The molecule has 0 aromatic heterocycles. The molecule has 0 spiro atoms. The van der Waals surface area contributed by atoms with E-state index in [0.717, 1.165) is 18.4 Å². The summed E-state index contributed by atoms with van der Waals surface area (Å²) in [5.41, 5.74) is 0.891. The minimum Gasteiger partial charge on any atom is -0.207 e. The summed E-state index contributed by atoms with van der Waals surface area (Å²) in [5, 5.41) is 0.652. The molecule has 84 valence electrons. The van der Waals surface area contributed by atoms with Gasteiger partial charge < -0.3 is 0 Å². The van der Waals surface area contributed by atoms with E-state index in [1.807, 2.05) is 0 Å². The maximum absolute atomic E-state index is 13.0. The van der Waals surface area contributed by atoms with Crippen LogP contribution in [0.4, 0.5) is 4.39 Å². The second kappa shape index (κ2) is 5.86. The van der Waals surface area contributed by atoms with Gasteiger partial charge in [-0.2, -0.15) is 0 Å². The van der Waals surface area contributed by atoms with Gasteiger partial charge >= 0.3 is 0 Å². The minimum absolute atomic E-state index is 0.218. The standard InChI is InChI=1S/C12H15BrClF/c1-3-11(13)8(2)6-9-7-10(15)4-5-12(9)14/h4-5,7-8,11H,3,6H2,1-2H3. The molecule has 0 N–H and O–H groups in total. The van der Waals surface area contributed by atoms with Crippen LogP contribution in [-0.2, 0) is 6.42 Å². The first-order valence-electron chi connectivity index (χ1n) is 5.12. The quantitative estimate of drug-likeness (QED) is 0.697. The zero-order valence-corrected chi connectivity index (χ0v) is 11.3. The lowest BCUT2D eigenvalue weighted by Crippen LogP contribution is -2.12. The lowest BCUT2D eigenvalue weighted by atomic mass is 9.97. The Morgan fingerprint density at radius 3 is 2.73 bits per heavy atom. The smallest absolute Gasteiger partial charge is 0.123 e. The van der Waals surface area contributed by atoms with Crippen molar-refractivity contribution in [1.29, 1.82) is 0 Å². The van der Waals surface area contributed by atoms with Crippen LogP contribution in [0.1, 0.15) is 25.8 Å². The average molecular weight is 294 g/mol. The van der Waals surface area contributed by atoms with Crippen molar-refractivity contribution in [2.75, 3.05) is 0 Å². The molecule has 0 nitrogen and oxygen atoms in total. The van der Waals surface area contributed by atoms with Gasteiger partial charge in [0.2, 0.25) is 0 Å². The van der Waals surface area contributed by atoms with E-state index in [2.05, 4.69) is 29.8 Å². The van der Waals surface area contributed by atoms with Crippen molar-refractivity contribution in [3.8, 4) is 0 Å². The van der Waals surface area contributed by atoms with E-state index in [1.165, 1.54) is 12.1 Å². The Bertz CT molecular complexity index is 327. The molecule has 0 heterocycles. The van der Waals surface area contributed by atoms with E-state index >= 15 is 0 Å². The molecule has 0 radical (unpaired) electrons. The first kappa shape index (κ1) is 13.0. The summed E-state index contributed by atoms with van der Waals surface area (Å²) in [4.78, 5) is 0.455. The normalized spacial score (nSPS) is 15.0.